The number of hydrogen-bond donors (Lipinski definition) is 1. The van der Waals surface area contributed by atoms with Crippen molar-refractivity contribution in [3.05, 3.63) is 46.0 Å². The van der Waals surface area contributed by atoms with Gasteiger partial charge >= 0.3 is 5.56 Å². The Labute approximate surface area is 114 Å². The predicted molar refractivity (Wildman–Crippen MR) is 73.9 cm³/mol. The lowest BCUT2D eigenvalue weighted by atomic mass is 9.96. The second-order valence-corrected chi connectivity index (χ2v) is 5.00. The van der Waals surface area contributed by atoms with Gasteiger partial charge in [-0.2, -0.15) is 9.78 Å². The quantitative estimate of drug-likeness (QED) is 0.722. The van der Waals surface area contributed by atoms with Crippen LogP contribution in [0.5, 0.6) is 0 Å². The molecular weight excluding hydrogens is 254 g/mol. The first-order valence-electron chi connectivity index (χ1n) is 6.75. The van der Waals surface area contributed by atoms with Crippen molar-refractivity contribution < 1.29 is 0 Å². The zero-order chi connectivity index (χ0) is 13.5. The van der Waals surface area contributed by atoms with Crippen molar-refractivity contribution in [3.63, 3.8) is 0 Å². The van der Waals surface area contributed by atoms with Crippen LogP contribution in [0.3, 0.4) is 0 Å². The second kappa shape index (κ2) is 4.26. The average Bonchev–Trinajstić information content (AvgIpc) is 2.86. The lowest BCUT2D eigenvalue weighted by Crippen LogP contribution is -2.16. The van der Waals surface area contributed by atoms with Gasteiger partial charge < -0.3 is 0 Å². The number of nitrogens with one attached hydrogen (secondary N) is 1. The summed E-state index contributed by atoms with van der Waals surface area (Å²) in [7, 11) is 0. The van der Waals surface area contributed by atoms with Crippen LogP contribution in [-0.4, -0.2) is 25.0 Å². The third-order valence-electron chi connectivity index (χ3n) is 3.76. The van der Waals surface area contributed by atoms with Crippen LogP contribution in [-0.2, 0) is 12.8 Å². The van der Waals surface area contributed by atoms with Gasteiger partial charge in [-0.1, -0.05) is 6.07 Å². The van der Waals surface area contributed by atoms with Gasteiger partial charge in [0, 0.05) is 11.8 Å². The van der Waals surface area contributed by atoms with E-state index in [-0.39, 0.29) is 5.56 Å². The number of hydrogen-bond acceptors (Lipinski definition) is 4. The van der Waals surface area contributed by atoms with E-state index in [0.717, 1.165) is 42.5 Å². The highest BCUT2D eigenvalue weighted by molar-refractivity contribution is 5.78. The number of aryl methyl sites for hydroxylation is 2. The van der Waals surface area contributed by atoms with Gasteiger partial charge in [0.25, 0.3) is 0 Å². The lowest BCUT2D eigenvalue weighted by molar-refractivity contribution is 0.660. The van der Waals surface area contributed by atoms with Crippen LogP contribution in [0.2, 0.25) is 0 Å². The van der Waals surface area contributed by atoms with E-state index in [2.05, 4.69) is 20.3 Å². The molecule has 3 aromatic heterocycles. The summed E-state index contributed by atoms with van der Waals surface area (Å²) < 4.78 is 1.44. The number of aromatic nitrogens is 5. The average molecular weight is 267 g/mol. The molecule has 0 saturated carbocycles. The molecule has 6 nitrogen and oxygen atoms in total. The molecule has 0 spiro atoms. The Morgan fingerprint density at radius 2 is 2.05 bits per heavy atom. The number of nitrogens with zero attached hydrogens (tertiary/aromatic N) is 4. The molecule has 20 heavy (non-hydrogen) atoms. The maximum atomic E-state index is 12.4. The van der Waals surface area contributed by atoms with Gasteiger partial charge in [0.1, 0.15) is 0 Å². The minimum absolute atomic E-state index is 0.195. The van der Waals surface area contributed by atoms with Crippen LogP contribution in [0.1, 0.15) is 24.1 Å². The first-order valence-corrected chi connectivity index (χ1v) is 6.75. The minimum atomic E-state index is -0.195. The first kappa shape index (κ1) is 11.3. The van der Waals surface area contributed by atoms with E-state index in [0.29, 0.717) is 11.3 Å². The van der Waals surface area contributed by atoms with E-state index >= 15 is 0 Å². The van der Waals surface area contributed by atoms with Crippen molar-refractivity contribution in [3.8, 4) is 5.82 Å². The fourth-order valence-corrected chi connectivity index (χ4v) is 2.76. The van der Waals surface area contributed by atoms with Gasteiger partial charge in [-0.3, -0.25) is 9.89 Å². The molecule has 0 unspecified atom stereocenters. The fraction of sp³-hybridized carbons (Fsp3) is 0.286. The second-order valence-electron chi connectivity index (χ2n) is 5.00. The summed E-state index contributed by atoms with van der Waals surface area (Å²) in [4.78, 5) is 16.6. The van der Waals surface area contributed by atoms with Gasteiger partial charge in [-0.25, -0.2) is 4.98 Å². The summed E-state index contributed by atoms with van der Waals surface area (Å²) in [5, 5.41) is 11.5. The molecule has 0 atom stereocenters. The summed E-state index contributed by atoms with van der Waals surface area (Å²) in [6.07, 6.45) is 5.82. The van der Waals surface area contributed by atoms with E-state index in [4.69, 9.17) is 0 Å². The highest BCUT2D eigenvalue weighted by Gasteiger charge is 2.19. The van der Waals surface area contributed by atoms with Crippen LogP contribution in [0.25, 0.3) is 16.9 Å². The molecule has 0 amide bonds. The molecule has 1 aliphatic carbocycles. The van der Waals surface area contributed by atoms with Crippen LogP contribution < -0.4 is 5.56 Å². The summed E-state index contributed by atoms with van der Waals surface area (Å²) in [5.41, 5.74) is 3.16. The van der Waals surface area contributed by atoms with Gasteiger partial charge in [-0.05, 0) is 37.8 Å². The molecule has 0 saturated heterocycles. The zero-order valence-corrected chi connectivity index (χ0v) is 10.8. The Hall–Kier alpha value is -2.50. The summed E-state index contributed by atoms with van der Waals surface area (Å²) >= 11 is 0. The third-order valence-corrected chi connectivity index (χ3v) is 3.76. The van der Waals surface area contributed by atoms with E-state index < -0.39 is 0 Å². The monoisotopic (exact) mass is 267 g/mol. The summed E-state index contributed by atoms with van der Waals surface area (Å²) in [6.45, 7) is 0. The molecule has 0 radical (unpaired) electrons. The summed E-state index contributed by atoms with van der Waals surface area (Å²) in [5.74, 6) is 0.569. The van der Waals surface area contributed by atoms with E-state index in [1.165, 1.54) is 4.68 Å². The van der Waals surface area contributed by atoms with Gasteiger partial charge in [-0.15, -0.1) is 5.10 Å². The van der Waals surface area contributed by atoms with E-state index in [9.17, 15) is 4.79 Å². The smallest absolute Gasteiger partial charge is 0.287 e. The largest absolute Gasteiger partial charge is 0.301 e. The third kappa shape index (κ3) is 1.57. The molecule has 0 bridgehead atoms. The molecule has 0 fully saturated rings. The molecule has 3 heterocycles. The number of H-pyrrole nitrogens is 1. The standard InChI is InChI=1S/C14H13N5O/c20-14-13-12(9-5-1-2-6-10(9)16-17-13)18-19(14)11-7-3-4-8-15-11/h3-4,7-8,18H,1-2,5-6H2. The Kier molecular flexibility index (Phi) is 2.42. The number of fused-ring (bicyclic) bond motifs is 3. The molecule has 1 aliphatic rings. The van der Waals surface area contributed by atoms with Crippen molar-refractivity contribution in [1.82, 2.24) is 25.0 Å². The summed E-state index contributed by atoms with van der Waals surface area (Å²) in [6, 6.07) is 5.46. The molecule has 0 aromatic carbocycles. The molecule has 100 valence electrons. The van der Waals surface area contributed by atoms with Crippen LogP contribution in [0, 0.1) is 0 Å². The van der Waals surface area contributed by atoms with Crippen molar-refractivity contribution in [2.75, 3.05) is 0 Å². The van der Waals surface area contributed by atoms with E-state index in [1.807, 2.05) is 12.1 Å². The highest BCUT2D eigenvalue weighted by Crippen LogP contribution is 2.23. The minimum Gasteiger partial charge on any atom is -0.287 e. The Bertz CT molecular complexity index is 834. The SMILES string of the molecule is O=c1c2nnc3c(c2[nH]n1-c1ccccn1)CCCC3. The molecule has 3 aromatic rings. The van der Waals surface area contributed by atoms with Gasteiger partial charge in [0.15, 0.2) is 11.3 Å². The number of pyridine rings is 1. The molecule has 0 aliphatic heterocycles. The molecular formula is C14H13N5O. The van der Waals surface area contributed by atoms with Crippen molar-refractivity contribution in [1.29, 1.82) is 0 Å². The van der Waals surface area contributed by atoms with Crippen molar-refractivity contribution in [2.24, 2.45) is 0 Å². The van der Waals surface area contributed by atoms with Crippen LogP contribution in [0.4, 0.5) is 0 Å². The molecule has 1 N–H and O–H groups in total. The number of rotatable bonds is 1. The van der Waals surface area contributed by atoms with Crippen LogP contribution in [0.15, 0.2) is 29.2 Å². The highest BCUT2D eigenvalue weighted by atomic mass is 16.1. The van der Waals surface area contributed by atoms with Crippen LogP contribution >= 0.6 is 0 Å². The first-order chi connectivity index (χ1) is 9.84. The predicted octanol–water partition coefficient (Wildman–Crippen LogP) is 1.38. The van der Waals surface area contributed by atoms with Gasteiger partial charge in [0.05, 0.1) is 11.2 Å². The van der Waals surface area contributed by atoms with Crippen molar-refractivity contribution in [2.45, 2.75) is 25.7 Å². The maximum Gasteiger partial charge on any atom is 0.301 e. The Morgan fingerprint density at radius 1 is 1.15 bits per heavy atom. The zero-order valence-electron chi connectivity index (χ0n) is 10.8. The number of aromatic amines is 1. The molecule has 6 heteroatoms. The Morgan fingerprint density at radius 3 is 2.90 bits per heavy atom. The van der Waals surface area contributed by atoms with E-state index in [1.54, 1.807) is 12.3 Å². The van der Waals surface area contributed by atoms with Crippen molar-refractivity contribution >= 4 is 11.0 Å². The fourth-order valence-electron chi connectivity index (χ4n) is 2.76. The van der Waals surface area contributed by atoms with Gasteiger partial charge in [0.2, 0.25) is 0 Å². The lowest BCUT2D eigenvalue weighted by Gasteiger charge is -2.13. The Balaban J connectivity index is 2.01. The molecule has 4 rings (SSSR count). The normalized spacial score (nSPS) is 14.4. The topological polar surface area (TPSA) is 76.5 Å². The maximum absolute atomic E-state index is 12.4.